The van der Waals surface area contributed by atoms with Gasteiger partial charge in [-0.2, -0.15) is 0 Å². The van der Waals surface area contributed by atoms with Crippen LogP contribution in [0.5, 0.6) is 0 Å². The minimum atomic E-state index is -0.231. The first kappa shape index (κ1) is 31.1. The molecule has 0 unspecified atom stereocenters. The summed E-state index contributed by atoms with van der Waals surface area (Å²) in [6, 6.07) is 28.4. The second kappa shape index (κ2) is 12.2. The number of hydrogen-bond acceptors (Lipinski definition) is 5. The Morgan fingerprint density at radius 3 is 2.26 bits per heavy atom. The first-order valence-electron chi connectivity index (χ1n) is 13.2. The second-order valence-electron chi connectivity index (χ2n) is 10.3. The van der Waals surface area contributed by atoms with Gasteiger partial charge in [0.1, 0.15) is 5.82 Å². The number of fused-ring (bicyclic) bond motifs is 5. The Balaban J connectivity index is 0.00000135. The molecule has 2 aromatic heterocycles. The summed E-state index contributed by atoms with van der Waals surface area (Å²) in [5.74, 6) is 1.46. The molecule has 0 spiro atoms. The van der Waals surface area contributed by atoms with Crippen molar-refractivity contribution in [1.29, 1.82) is 0 Å². The van der Waals surface area contributed by atoms with Crippen LogP contribution in [0.25, 0.3) is 39.6 Å². The molecule has 0 atom stereocenters. The number of carbonyl (C=O) groups excluding carboxylic acids is 1. The first-order chi connectivity index (χ1) is 19.1. The molecule has 2 aliphatic rings. The summed E-state index contributed by atoms with van der Waals surface area (Å²) in [6.07, 6.45) is 4.99. The summed E-state index contributed by atoms with van der Waals surface area (Å²) in [6.45, 7) is 0. The summed E-state index contributed by atoms with van der Waals surface area (Å²) in [5, 5.41) is 6.20. The first-order valence-corrected chi connectivity index (χ1v) is 13.2. The fourth-order valence-electron chi connectivity index (χ4n) is 5.62. The number of nitrogens with two attached hydrogens (primary N) is 1. The van der Waals surface area contributed by atoms with E-state index in [-0.39, 0.29) is 48.7 Å². The zero-order valence-corrected chi connectivity index (χ0v) is 25.3. The molecular formula is C32H31Cl3N6O. The van der Waals surface area contributed by atoms with Gasteiger partial charge in [-0.1, -0.05) is 48.5 Å². The van der Waals surface area contributed by atoms with E-state index in [0.29, 0.717) is 5.56 Å². The average molecular weight is 622 g/mol. The van der Waals surface area contributed by atoms with Crippen LogP contribution in [0.2, 0.25) is 0 Å². The third-order valence-electron chi connectivity index (χ3n) is 7.95. The second-order valence-corrected chi connectivity index (χ2v) is 10.3. The molecule has 1 aliphatic carbocycles. The van der Waals surface area contributed by atoms with Crippen LogP contribution >= 0.6 is 37.2 Å². The van der Waals surface area contributed by atoms with Gasteiger partial charge in [0.05, 0.1) is 22.8 Å². The molecular weight excluding hydrogens is 591 g/mol. The van der Waals surface area contributed by atoms with Crippen LogP contribution in [0.4, 0.5) is 11.5 Å². The van der Waals surface area contributed by atoms with E-state index in [4.69, 9.17) is 10.7 Å². The number of halogens is 3. The fourth-order valence-corrected chi connectivity index (χ4v) is 5.62. The van der Waals surface area contributed by atoms with E-state index < -0.39 is 0 Å². The lowest BCUT2D eigenvalue weighted by atomic mass is 9.72. The molecule has 5 aromatic rings. The van der Waals surface area contributed by atoms with Crippen molar-refractivity contribution in [2.45, 2.75) is 24.8 Å². The molecule has 7 rings (SSSR count). The number of rotatable bonds is 4. The van der Waals surface area contributed by atoms with E-state index in [0.717, 1.165) is 63.9 Å². The smallest absolute Gasteiger partial charge is 0.251 e. The lowest BCUT2D eigenvalue weighted by Gasteiger charge is -2.38. The van der Waals surface area contributed by atoms with Gasteiger partial charge in [-0.15, -0.1) is 37.2 Å². The monoisotopic (exact) mass is 620 g/mol. The van der Waals surface area contributed by atoms with Gasteiger partial charge >= 0.3 is 0 Å². The number of para-hydroxylation sites is 1. The molecule has 3 heterocycles. The molecule has 1 aliphatic heterocycles. The van der Waals surface area contributed by atoms with Gasteiger partial charge in [0.15, 0.2) is 5.82 Å². The number of nitrogens with zero attached hydrogens (tertiary/aromatic N) is 3. The Bertz CT molecular complexity index is 1730. The Morgan fingerprint density at radius 2 is 1.60 bits per heavy atom. The molecule has 0 bridgehead atoms. The van der Waals surface area contributed by atoms with Gasteiger partial charge in [0.2, 0.25) is 0 Å². The molecule has 0 radical (unpaired) electrons. The zero-order chi connectivity index (χ0) is 26.6. The largest absolute Gasteiger partial charge is 0.355 e. The quantitative estimate of drug-likeness (QED) is 0.192. The number of anilines is 2. The standard InChI is InChI=1S/C32H28N6O.3ClH/c1-34-31(39)22-11-9-20(10-12-22)27-28(21-13-15-23(16-14-21)32(33)17-5-18-32)38-26-8-4-19-35-29(26)36-25-7-3-2-6-24(25)30(38)37-27;;;/h2-4,6-16,19H,5,17-18,33H2,1H3,(H,34,39)(H,35,36);3*1H. The molecule has 3 aromatic carbocycles. The van der Waals surface area contributed by atoms with Crippen LogP contribution in [-0.4, -0.2) is 27.5 Å². The minimum absolute atomic E-state index is 0. The van der Waals surface area contributed by atoms with Crippen LogP contribution < -0.4 is 16.4 Å². The van der Waals surface area contributed by atoms with Gasteiger partial charge in [-0.25, -0.2) is 9.97 Å². The van der Waals surface area contributed by atoms with E-state index in [1.165, 1.54) is 12.0 Å². The van der Waals surface area contributed by atoms with Crippen LogP contribution in [0.15, 0.2) is 91.1 Å². The number of benzene rings is 3. The molecule has 216 valence electrons. The Morgan fingerprint density at radius 1 is 0.905 bits per heavy atom. The van der Waals surface area contributed by atoms with Crippen molar-refractivity contribution in [2.75, 3.05) is 12.4 Å². The maximum Gasteiger partial charge on any atom is 0.251 e. The highest BCUT2D eigenvalue weighted by molar-refractivity contribution is 5.95. The molecule has 7 nitrogen and oxygen atoms in total. The molecule has 10 heteroatoms. The fraction of sp³-hybridized carbons (Fsp3) is 0.156. The molecule has 4 N–H and O–H groups in total. The van der Waals surface area contributed by atoms with E-state index in [1.807, 2.05) is 48.5 Å². The number of aromatic nitrogens is 3. The van der Waals surface area contributed by atoms with Crippen molar-refractivity contribution in [3.63, 3.8) is 0 Å². The maximum atomic E-state index is 12.2. The van der Waals surface area contributed by atoms with Crippen molar-refractivity contribution in [1.82, 2.24) is 19.9 Å². The highest BCUT2D eigenvalue weighted by atomic mass is 35.5. The van der Waals surface area contributed by atoms with Crippen LogP contribution in [-0.2, 0) is 5.54 Å². The highest BCUT2D eigenvalue weighted by Gasteiger charge is 2.34. The molecule has 1 fully saturated rings. The van der Waals surface area contributed by atoms with Crippen molar-refractivity contribution in [2.24, 2.45) is 5.73 Å². The predicted molar refractivity (Wildman–Crippen MR) is 176 cm³/mol. The van der Waals surface area contributed by atoms with Crippen molar-refractivity contribution >= 4 is 54.6 Å². The normalized spacial score (nSPS) is 13.6. The van der Waals surface area contributed by atoms with E-state index >= 15 is 0 Å². The third-order valence-corrected chi connectivity index (χ3v) is 7.95. The van der Waals surface area contributed by atoms with Gasteiger partial charge in [-0.3, -0.25) is 9.36 Å². The number of amides is 1. The summed E-state index contributed by atoms with van der Waals surface area (Å²) < 4.78 is 2.19. The van der Waals surface area contributed by atoms with Gasteiger partial charge < -0.3 is 16.4 Å². The molecule has 1 amide bonds. The Kier molecular flexibility index (Phi) is 8.99. The van der Waals surface area contributed by atoms with E-state index in [2.05, 4.69) is 56.6 Å². The maximum absolute atomic E-state index is 12.2. The molecule has 0 saturated heterocycles. The highest BCUT2D eigenvalue weighted by Crippen LogP contribution is 2.45. The van der Waals surface area contributed by atoms with Crippen molar-refractivity contribution in [3.05, 3.63) is 102 Å². The van der Waals surface area contributed by atoms with Crippen molar-refractivity contribution in [3.8, 4) is 39.6 Å². The van der Waals surface area contributed by atoms with Gasteiger partial charge in [-0.05, 0) is 61.2 Å². The number of carbonyl (C=O) groups is 1. The molecule has 1 saturated carbocycles. The SMILES string of the molecule is CNC(=O)c1ccc(-c2nc3n(c2-c2ccc(C4(N)CCC4)cc2)-c2cccnc2Nc2ccccc2-3)cc1.Cl.Cl.Cl. The zero-order valence-electron chi connectivity index (χ0n) is 22.8. The summed E-state index contributed by atoms with van der Waals surface area (Å²) in [5.41, 5.74) is 14.8. The van der Waals surface area contributed by atoms with Gasteiger partial charge in [0, 0.05) is 41.0 Å². The van der Waals surface area contributed by atoms with Crippen molar-refractivity contribution < 1.29 is 4.79 Å². The number of hydrogen-bond donors (Lipinski definition) is 3. The number of pyridine rings is 1. The minimum Gasteiger partial charge on any atom is -0.355 e. The average Bonchev–Trinajstić information content (AvgIpc) is 3.30. The number of nitrogens with one attached hydrogen (secondary N) is 2. The number of imidazole rings is 1. The lowest BCUT2D eigenvalue weighted by molar-refractivity contribution is 0.0963. The lowest BCUT2D eigenvalue weighted by Crippen LogP contribution is -2.43. The summed E-state index contributed by atoms with van der Waals surface area (Å²) in [4.78, 5) is 22.1. The van der Waals surface area contributed by atoms with E-state index in [9.17, 15) is 4.79 Å². The van der Waals surface area contributed by atoms with E-state index in [1.54, 1.807) is 13.2 Å². The Labute approximate surface area is 263 Å². The van der Waals surface area contributed by atoms with Crippen LogP contribution in [0.1, 0.15) is 35.2 Å². The summed E-state index contributed by atoms with van der Waals surface area (Å²) in [7, 11) is 1.64. The van der Waals surface area contributed by atoms with Crippen LogP contribution in [0.3, 0.4) is 0 Å². The topological polar surface area (TPSA) is 97.9 Å². The molecule has 42 heavy (non-hydrogen) atoms. The Hall–Kier alpha value is -3.88. The van der Waals surface area contributed by atoms with Crippen LogP contribution in [0, 0.1) is 0 Å². The summed E-state index contributed by atoms with van der Waals surface area (Å²) >= 11 is 0. The van der Waals surface area contributed by atoms with Gasteiger partial charge in [0.25, 0.3) is 5.91 Å². The third kappa shape index (κ3) is 5.03. The predicted octanol–water partition coefficient (Wildman–Crippen LogP) is 7.29.